The summed E-state index contributed by atoms with van der Waals surface area (Å²) in [4.78, 5) is 46.8. The number of carbonyl (C=O) groups excluding carboxylic acids is 3. The molecular weight excluding hydrogens is 468 g/mol. The second-order valence-electron chi connectivity index (χ2n) is 7.01. The quantitative estimate of drug-likeness (QED) is 0.354. The van der Waals surface area contributed by atoms with Crippen molar-refractivity contribution in [2.75, 3.05) is 17.2 Å². The number of nitrogens with one attached hydrogen (secondary N) is 3. The average Bonchev–Trinajstić information content (AvgIpc) is 3.14. The molecule has 0 radical (unpaired) electrons. The average molecular weight is 493 g/mol. The van der Waals surface area contributed by atoms with Gasteiger partial charge in [0.25, 0.3) is 0 Å². The lowest BCUT2D eigenvalue weighted by atomic mass is 10.1. The lowest BCUT2D eigenvalue weighted by molar-refractivity contribution is -0.137. The topological polar surface area (TPSA) is 130 Å². The van der Waals surface area contributed by atoms with Gasteiger partial charge in [-0.1, -0.05) is 28.1 Å². The van der Waals surface area contributed by atoms with Gasteiger partial charge in [-0.2, -0.15) is 0 Å². The molecule has 10 heteroatoms. The van der Waals surface area contributed by atoms with E-state index in [0.29, 0.717) is 12.2 Å². The summed E-state index contributed by atoms with van der Waals surface area (Å²) in [7, 11) is 0. The van der Waals surface area contributed by atoms with Crippen LogP contribution in [-0.4, -0.2) is 51.3 Å². The second kappa shape index (κ2) is 11.9. The van der Waals surface area contributed by atoms with Crippen LogP contribution in [0.2, 0.25) is 0 Å². The number of carbonyl (C=O) groups is 4. The first-order valence-electron chi connectivity index (χ1n) is 9.63. The van der Waals surface area contributed by atoms with Gasteiger partial charge in [0.2, 0.25) is 17.7 Å². The molecule has 3 amide bonds. The van der Waals surface area contributed by atoms with E-state index < -0.39 is 23.8 Å². The lowest BCUT2D eigenvalue weighted by Crippen LogP contribution is -2.47. The highest BCUT2D eigenvalue weighted by atomic mass is 79.9. The summed E-state index contributed by atoms with van der Waals surface area (Å²) in [6.45, 7) is 2.40. The fraction of sp³-hybridized carbons (Fsp3) is 0.333. The van der Waals surface area contributed by atoms with Crippen LogP contribution in [-0.2, 0) is 25.7 Å². The van der Waals surface area contributed by atoms with Gasteiger partial charge < -0.3 is 25.6 Å². The number of aromatic nitrogens is 1. The zero-order chi connectivity index (χ0) is 22.8. The Morgan fingerprint density at radius 3 is 2.39 bits per heavy atom. The van der Waals surface area contributed by atoms with Crippen LogP contribution < -0.4 is 16.0 Å². The fourth-order valence-corrected chi connectivity index (χ4v) is 3.00. The van der Waals surface area contributed by atoms with Gasteiger partial charge in [0.05, 0.1) is 11.9 Å². The Morgan fingerprint density at radius 1 is 1.10 bits per heavy atom. The van der Waals surface area contributed by atoms with Crippen LogP contribution >= 0.6 is 15.9 Å². The zero-order valence-corrected chi connectivity index (χ0v) is 18.6. The number of carboxylic acid groups (broad SMARTS) is 1. The van der Waals surface area contributed by atoms with E-state index in [9.17, 15) is 19.2 Å². The minimum Gasteiger partial charge on any atom is -0.481 e. The smallest absolute Gasteiger partial charge is 0.303 e. The molecule has 0 fully saturated rings. The highest BCUT2D eigenvalue weighted by molar-refractivity contribution is 9.09. The van der Waals surface area contributed by atoms with E-state index in [0.717, 1.165) is 5.56 Å². The normalized spacial score (nSPS) is 11.4. The number of benzene rings is 1. The first-order valence-corrected chi connectivity index (χ1v) is 10.7. The number of hydrogen-bond donors (Lipinski definition) is 4. The van der Waals surface area contributed by atoms with Crippen LogP contribution in [0.15, 0.2) is 42.7 Å². The molecule has 0 spiro atoms. The molecule has 0 bridgehead atoms. The van der Waals surface area contributed by atoms with Crippen molar-refractivity contribution in [2.45, 2.75) is 32.4 Å². The highest BCUT2D eigenvalue weighted by Gasteiger charge is 2.22. The van der Waals surface area contributed by atoms with E-state index in [1.807, 2.05) is 37.5 Å². The van der Waals surface area contributed by atoms with Gasteiger partial charge >= 0.3 is 5.97 Å². The number of nitrogens with zero attached hydrogens (tertiary/aromatic N) is 1. The summed E-state index contributed by atoms with van der Waals surface area (Å²) in [6.07, 6.45) is 3.65. The maximum atomic E-state index is 12.6. The number of hydrogen-bond acceptors (Lipinski definition) is 4. The lowest BCUT2D eigenvalue weighted by Gasteiger charge is -2.18. The van der Waals surface area contributed by atoms with Crippen LogP contribution in [0.4, 0.5) is 5.69 Å². The standard InChI is InChI=1S/C21H25BrN4O5/c1-14-8-9-26(12-14)13-15-2-4-16(5-3-15)24-21(31)17(6-7-20(29)30)25-19(28)11-23-18(27)10-22/h2-5,8-9,12,17H,6-7,10-11,13H2,1H3,(H,23,27)(H,24,31)(H,25,28)(H,29,30)/t17-/m1/s1. The molecule has 0 aliphatic rings. The number of rotatable bonds is 11. The van der Waals surface area contributed by atoms with Crippen LogP contribution in [0.25, 0.3) is 0 Å². The molecule has 1 aromatic heterocycles. The third kappa shape index (κ3) is 8.63. The van der Waals surface area contributed by atoms with Gasteiger partial charge in [-0.25, -0.2) is 0 Å². The Morgan fingerprint density at radius 2 is 1.81 bits per heavy atom. The molecule has 4 N–H and O–H groups in total. The molecule has 166 valence electrons. The Balaban J connectivity index is 1.96. The van der Waals surface area contributed by atoms with Crippen LogP contribution in [0.5, 0.6) is 0 Å². The molecule has 1 atom stereocenters. The Bertz CT molecular complexity index is 926. The molecule has 0 saturated carbocycles. The van der Waals surface area contributed by atoms with Crippen molar-refractivity contribution >= 4 is 45.3 Å². The summed E-state index contributed by atoms with van der Waals surface area (Å²) in [5.74, 6) is -2.58. The molecule has 1 aromatic carbocycles. The van der Waals surface area contributed by atoms with E-state index in [1.165, 1.54) is 5.56 Å². The van der Waals surface area contributed by atoms with Gasteiger partial charge in [0.1, 0.15) is 6.04 Å². The Kier molecular flexibility index (Phi) is 9.26. The molecule has 0 aliphatic heterocycles. The van der Waals surface area contributed by atoms with Crippen LogP contribution in [0.3, 0.4) is 0 Å². The predicted octanol–water partition coefficient (Wildman–Crippen LogP) is 1.64. The van der Waals surface area contributed by atoms with E-state index in [2.05, 4.69) is 36.4 Å². The molecule has 0 saturated heterocycles. The first-order chi connectivity index (χ1) is 14.8. The highest BCUT2D eigenvalue weighted by Crippen LogP contribution is 2.13. The van der Waals surface area contributed by atoms with Crippen molar-refractivity contribution in [3.05, 3.63) is 53.9 Å². The van der Waals surface area contributed by atoms with Crippen molar-refractivity contribution in [3.8, 4) is 0 Å². The van der Waals surface area contributed by atoms with Crippen molar-refractivity contribution in [1.82, 2.24) is 15.2 Å². The summed E-state index contributed by atoms with van der Waals surface area (Å²) in [5.41, 5.74) is 2.75. The number of halogens is 1. The number of aryl methyl sites for hydroxylation is 1. The zero-order valence-electron chi connectivity index (χ0n) is 17.1. The van der Waals surface area contributed by atoms with E-state index in [-0.39, 0.29) is 30.6 Å². The number of carboxylic acids is 1. The van der Waals surface area contributed by atoms with Gasteiger partial charge in [0.15, 0.2) is 0 Å². The third-order valence-electron chi connectivity index (χ3n) is 4.35. The SMILES string of the molecule is Cc1ccn(Cc2ccc(NC(=O)[C@@H](CCC(=O)O)NC(=O)CNC(=O)CBr)cc2)c1. The number of aliphatic carboxylic acids is 1. The van der Waals surface area contributed by atoms with Crippen molar-refractivity contribution < 1.29 is 24.3 Å². The summed E-state index contributed by atoms with van der Waals surface area (Å²) in [5, 5.41) is 16.5. The van der Waals surface area contributed by atoms with Gasteiger partial charge in [0, 0.05) is 31.0 Å². The van der Waals surface area contributed by atoms with E-state index >= 15 is 0 Å². The van der Waals surface area contributed by atoms with Crippen molar-refractivity contribution in [3.63, 3.8) is 0 Å². The molecular formula is C21H25BrN4O5. The maximum Gasteiger partial charge on any atom is 0.303 e. The Hall–Kier alpha value is -3.14. The summed E-state index contributed by atoms with van der Waals surface area (Å²) >= 11 is 2.97. The largest absolute Gasteiger partial charge is 0.481 e. The van der Waals surface area contributed by atoms with Crippen LogP contribution in [0.1, 0.15) is 24.0 Å². The van der Waals surface area contributed by atoms with Crippen LogP contribution in [0, 0.1) is 6.92 Å². The number of alkyl halides is 1. The van der Waals surface area contributed by atoms with Crippen molar-refractivity contribution in [2.24, 2.45) is 0 Å². The fourth-order valence-electron chi connectivity index (χ4n) is 2.80. The van der Waals surface area contributed by atoms with E-state index in [4.69, 9.17) is 5.11 Å². The van der Waals surface area contributed by atoms with Gasteiger partial charge in [-0.3, -0.25) is 19.2 Å². The maximum absolute atomic E-state index is 12.6. The second-order valence-corrected chi connectivity index (χ2v) is 7.57. The Labute approximate surface area is 188 Å². The van der Waals surface area contributed by atoms with E-state index in [1.54, 1.807) is 12.1 Å². The predicted molar refractivity (Wildman–Crippen MR) is 119 cm³/mol. The third-order valence-corrected chi connectivity index (χ3v) is 4.86. The minimum absolute atomic E-state index is 0.0448. The molecule has 0 aliphatic carbocycles. The summed E-state index contributed by atoms with van der Waals surface area (Å²) in [6, 6.07) is 8.22. The minimum atomic E-state index is -1.08. The molecule has 2 rings (SSSR count). The molecule has 0 unspecified atom stereocenters. The number of amides is 3. The van der Waals surface area contributed by atoms with Crippen molar-refractivity contribution in [1.29, 1.82) is 0 Å². The molecule has 31 heavy (non-hydrogen) atoms. The summed E-state index contributed by atoms with van der Waals surface area (Å²) < 4.78 is 2.05. The van der Waals surface area contributed by atoms with Gasteiger partial charge in [-0.05, 0) is 42.7 Å². The molecule has 9 nitrogen and oxygen atoms in total. The van der Waals surface area contributed by atoms with Gasteiger partial charge in [-0.15, -0.1) is 0 Å². The molecule has 2 aromatic rings. The number of anilines is 1. The monoisotopic (exact) mass is 492 g/mol. The first kappa shape index (κ1) is 24.1. The molecule has 1 heterocycles.